The van der Waals surface area contributed by atoms with E-state index < -0.39 is 10.8 Å². The third-order valence-corrected chi connectivity index (χ3v) is 2.87. The maximum atomic E-state index is 10.9. The molecule has 7 heteroatoms. The molecule has 0 saturated carbocycles. The smallest absolute Gasteiger partial charge is 0.269 e. The van der Waals surface area contributed by atoms with Crippen molar-refractivity contribution in [3.8, 4) is 5.75 Å². The Balaban J connectivity index is 2.10. The number of hydrogen-bond acceptors (Lipinski definition) is 5. The normalized spacial score (nSPS) is 10.1. The molecule has 108 valence electrons. The van der Waals surface area contributed by atoms with Crippen LogP contribution < -0.4 is 16.2 Å². The maximum Gasteiger partial charge on any atom is 0.269 e. The second kappa shape index (κ2) is 5.91. The second-order valence-corrected chi connectivity index (χ2v) is 4.32. The van der Waals surface area contributed by atoms with Crippen LogP contribution in [0.25, 0.3) is 0 Å². The van der Waals surface area contributed by atoms with Crippen LogP contribution in [0.4, 0.5) is 11.4 Å². The largest absolute Gasteiger partial charge is 0.489 e. The molecule has 0 spiro atoms. The van der Waals surface area contributed by atoms with E-state index in [0.29, 0.717) is 22.6 Å². The Bertz CT molecular complexity index is 683. The van der Waals surface area contributed by atoms with Crippen molar-refractivity contribution >= 4 is 17.3 Å². The summed E-state index contributed by atoms with van der Waals surface area (Å²) in [5.41, 5.74) is 12.1. The SMILES string of the molecule is NC(=O)c1ccc(OCc2cc([N+](=O)[O-])ccc2N)cc1. The van der Waals surface area contributed by atoms with Gasteiger partial charge in [0.05, 0.1) is 4.92 Å². The van der Waals surface area contributed by atoms with Crippen molar-refractivity contribution in [1.82, 2.24) is 0 Å². The summed E-state index contributed by atoms with van der Waals surface area (Å²) in [5, 5.41) is 10.7. The van der Waals surface area contributed by atoms with Gasteiger partial charge in [0.25, 0.3) is 5.69 Å². The van der Waals surface area contributed by atoms with E-state index in [2.05, 4.69) is 0 Å². The number of amides is 1. The van der Waals surface area contributed by atoms with Crippen LogP contribution in [0.5, 0.6) is 5.75 Å². The van der Waals surface area contributed by atoms with Crippen molar-refractivity contribution in [2.24, 2.45) is 5.73 Å². The number of primary amides is 1. The van der Waals surface area contributed by atoms with Crippen LogP contribution in [0.3, 0.4) is 0 Å². The van der Waals surface area contributed by atoms with E-state index in [9.17, 15) is 14.9 Å². The van der Waals surface area contributed by atoms with E-state index in [0.717, 1.165) is 0 Å². The number of carbonyl (C=O) groups excluding carboxylic acids is 1. The molecule has 2 aromatic carbocycles. The number of hydrogen-bond donors (Lipinski definition) is 2. The molecule has 0 aromatic heterocycles. The Morgan fingerprint density at radius 3 is 2.43 bits per heavy atom. The van der Waals surface area contributed by atoms with Gasteiger partial charge in [-0.05, 0) is 30.3 Å². The maximum absolute atomic E-state index is 10.9. The van der Waals surface area contributed by atoms with Crippen LogP contribution >= 0.6 is 0 Å². The number of nitro benzene ring substituents is 1. The van der Waals surface area contributed by atoms with E-state index in [1.54, 1.807) is 12.1 Å². The van der Waals surface area contributed by atoms with Crippen LogP contribution in [-0.4, -0.2) is 10.8 Å². The molecule has 0 aliphatic rings. The first kappa shape index (κ1) is 14.3. The Labute approximate surface area is 120 Å². The van der Waals surface area contributed by atoms with Crippen molar-refractivity contribution in [3.05, 3.63) is 63.7 Å². The monoisotopic (exact) mass is 287 g/mol. The van der Waals surface area contributed by atoms with Crippen molar-refractivity contribution in [2.45, 2.75) is 6.61 Å². The minimum atomic E-state index is -0.524. The molecule has 0 unspecified atom stereocenters. The fraction of sp³-hybridized carbons (Fsp3) is 0.0714. The summed E-state index contributed by atoms with van der Waals surface area (Å²) in [4.78, 5) is 21.2. The molecule has 1 amide bonds. The summed E-state index contributed by atoms with van der Waals surface area (Å²) < 4.78 is 5.49. The molecule has 7 nitrogen and oxygen atoms in total. The molecule has 21 heavy (non-hydrogen) atoms. The number of nitro groups is 1. The van der Waals surface area contributed by atoms with Gasteiger partial charge in [-0.1, -0.05) is 0 Å². The highest BCUT2D eigenvalue weighted by Gasteiger charge is 2.10. The molecule has 0 bridgehead atoms. The molecule has 0 aliphatic carbocycles. The van der Waals surface area contributed by atoms with Gasteiger partial charge < -0.3 is 16.2 Å². The number of benzene rings is 2. The second-order valence-electron chi connectivity index (χ2n) is 4.32. The Morgan fingerprint density at radius 1 is 1.19 bits per heavy atom. The first-order valence-corrected chi connectivity index (χ1v) is 6.03. The molecule has 2 aromatic rings. The highest BCUT2D eigenvalue weighted by molar-refractivity contribution is 5.92. The first-order valence-electron chi connectivity index (χ1n) is 6.03. The molecule has 0 saturated heterocycles. The lowest BCUT2D eigenvalue weighted by atomic mass is 10.1. The van der Waals surface area contributed by atoms with Gasteiger partial charge in [0.15, 0.2) is 0 Å². The number of rotatable bonds is 5. The van der Waals surface area contributed by atoms with Crippen LogP contribution in [0, 0.1) is 10.1 Å². The van der Waals surface area contributed by atoms with Gasteiger partial charge in [-0.15, -0.1) is 0 Å². The minimum absolute atomic E-state index is 0.0492. The molecule has 2 rings (SSSR count). The summed E-state index contributed by atoms with van der Waals surface area (Å²) in [6.07, 6.45) is 0. The zero-order chi connectivity index (χ0) is 15.4. The van der Waals surface area contributed by atoms with E-state index in [1.807, 2.05) is 0 Å². The zero-order valence-corrected chi connectivity index (χ0v) is 11.0. The number of carbonyl (C=O) groups is 1. The van der Waals surface area contributed by atoms with Gasteiger partial charge >= 0.3 is 0 Å². The van der Waals surface area contributed by atoms with Gasteiger partial charge in [0, 0.05) is 28.9 Å². The van der Waals surface area contributed by atoms with Crippen LogP contribution in [0.1, 0.15) is 15.9 Å². The van der Waals surface area contributed by atoms with Crippen molar-refractivity contribution in [3.63, 3.8) is 0 Å². The average Bonchev–Trinajstić information content (AvgIpc) is 2.46. The van der Waals surface area contributed by atoms with Gasteiger partial charge in [0.1, 0.15) is 12.4 Å². The number of nitrogens with two attached hydrogens (primary N) is 2. The number of non-ortho nitro benzene ring substituents is 1. The summed E-state index contributed by atoms with van der Waals surface area (Å²) in [5.74, 6) is -0.0182. The van der Waals surface area contributed by atoms with Crippen molar-refractivity contribution in [1.29, 1.82) is 0 Å². The summed E-state index contributed by atoms with van der Waals surface area (Å²) in [6.45, 7) is 0.0867. The number of anilines is 1. The Morgan fingerprint density at radius 2 is 1.86 bits per heavy atom. The Kier molecular flexibility index (Phi) is 4.03. The molecule has 4 N–H and O–H groups in total. The third-order valence-electron chi connectivity index (χ3n) is 2.87. The zero-order valence-electron chi connectivity index (χ0n) is 11.0. The first-order chi connectivity index (χ1) is 9.97. The van der Waals surface area contributed by atoms with Crippen LogP contribution in [0.15, 0.2) is 42.5 Å². The van der Waals surface area contributed by atoms with Gasteiger partial charge in [-0.25, -0.2) is 0 Å². The average molecular weight is 287 g/mol. The molecule has 0 atom stereocenters. The van der Waals surface area contributed by atoms with E-state index in [4.69, 9.17) is 16.2 Å². The number of nitrogens with zero attached hydrogens (tertiary/aromatic N) is 1. The highest BCUT2D eigenvalue weighted by atomic mass is 16.6. The predicted octanol–water partition coefficient (Wildman–Crippen LogP) is 1.85. The van der Waals surface area contributed by atoms with E-state index in [1.165, 1.54) is 30.3 Å². The Hall–Kier alpha value is -3.09. The minimum Gasteiger partial charge on any atom is -0.489 e. The standard InChI is InChI=1S/C14H13N3O4/c15-13-6-3-11(17(19)20)7-10(13)8-21-12-4-1-9(2-5-12)14(16)18/h1-7H,8,15H2,(H2,16,18). The number of nitrogen functional groups attached to an aromatic ring is 1. The van der Waals surface area contributed by atoms with Crippen molar-refractivity contribution < 1.29 is 14.5 Å². The quantitative estimate of drug-likeness (QED) is 0.493. The lowest BCUT2D eigenvalue weighted by molar-refractivity contribution is -0.384. The molecule has 0 aliphatic heterocycles. The van der Waals surface area contributed by atoms with Gasteiger partial charge in [-0.2, -0.15) is 0 Å². The van der Waals surface area contributed by atoms with E-state index >= 15 is 0 Å². The highest BCUT2D eigenvalue weighted by Crippen LogP contribution is 2.22. The lowest BCUT2D eigenvalue weighted by Crippen LogP contribution is -2.10. The predicted molar refractivity (Wildman–Crippen MR) is 76.8 cm³/mol. The van der Waals surface area contributed by atoms with Gasteiger partial charge in [0.2, 0.25) is 5.91 Å². The number of ether oxygens (including phenoxy) is 1. The molecule has 0 radical (unpaired) electrons. The molecular formula is C14H13N3O4. The molecule has 0 heterocycles. The van der Waals surface area contributed by atoms with E-state index in [-0.39, 0.29) is 12.3 Å². The topological polar surface area (TPSA) is 121 Å². The third kappa shape index (κ3) is 3.47. The fourth-order valence-electron chi connectivity index (χ4n) is 1.71. The summed E-state index contributed by atoms with van der Waals surface area (Å²) in [7, 11) is 0. The van der Waals surface area contributed by atoms with Crippen LogP contribution in [0.2, 0.25) is 0 Å². The van der Waals surface area contributed by atoms with Crippen molar-refractivity contribution in [2.75, 3.05) is 5.73 Å². The fourth-order valence-corrected chi connectivity index (χ4v) is 1.71. The molecular weight excluding hydrogens is 274 g/mol. The van der Waals surface area contributed by atoms with Crippen LogP contribution in [-0.2, 0) is 6.61 Å². The molecule has 0 fully saturated rings. The lowest BCUT2D eigenvalue weighted by Gasteiger charge is -2.08. The summed E-state index contributed by atoms with van der Waals surface area (Å²) in [6, 6.07) is 10.4. The summed E-state index contributed by atoms with van der Waals surface area (Å²) >= 11 is 0. The van der Waals surface area contributed by atoms with Gasteiger partial charge in [-0.3, -0.25) is 14.9 Å².